The van der Waals surface area contributed by atoms with Crippen molar-refractivity contribution in [2.75, 3.05) is 5.73 Å². The summed E-state index contributed by atoms with van der Waals surface area (Å²) in [6, 6.07) is 0. The smallest absolute Gasteiger partial charge is 0.332 e. The topological polar surface area (TPSA) is 128 Å². The molecular weight excluding hydrogens is 322 g/mol. The van der Waals surface area contributed by atoms with Gasteiger partial charge in [0, 0.05) is 13.1 Å². The number of fused-ring (bicyclic) bond motifs is 1. The molecule has 0 amide bonds. The van der Waals surface area contributed by atoms with E-state index < -0.39 is 22.5 Å². The van der Waals surface area contributed by atoms with Crippen molar-refractivity contribution in [1.82, 2.24) is 18.1 Å². The number of nitrogens with zero attached hydrogens (tertiary/aromatic N) is 4. The number of hydrogen-bond acceptors (Lipinski definition) is 6. The van der Waals surface area contributed by atoms with Crippen LogP contribution in [0.5, 0.6) is 0 Å². The third-order valence-electron chi connectivity index (χ3n) is 4.43. The van der Waals surface area contributed by atoms with Crippen LogP contribution < -0.4 is 17.0 Å². The minimum atomic E-state index is -2.76. The number of nitrogen functional groups attached to an aromatic ring is 1. The van der Waals surface area contributed by atoms with Crippen LogP contribution in [0.3, 0.4) is 0 Å². The van der Waals surface area contributed by atoms with Crippen molar-refractivity contribution in [3.05, 3.63) is 20.8 Å². The van der Waals surface area contributed by atoms with E-state index in [1.807, 2.05) is 0 Å². The van der Waals surface area contributed by atoms with Crippen LogP contribution in [-0.2, 0) is 24.4 Å². The monoisotopic (exact) mass is 338 g/mol. The fourth-order valence-corrected chi connectivity index (χ4v) is 3.33. The molecule has 23 heavy (non-hydrogen) atoms. The minimum Gasteiger partial charge on any atom is -0.755 e. The number of nitrogens with two attached hydrogens (primary N) is 1. The fourth-order valence-electron chi connectivity index (χ4n) is 2.83. The van der Waals surface area contributed by atoms with Crippen LogP contribution in [0.1, 0.15) is 25.7 Å². The van der Waals surface area contributed by atoms with Gasteiger partial charge in [0.2, 0.25) is 5.95 Å². The SMILES string of the molecule is Nc1nc2c(c(=O)n(CC3CC3)c(=O)n2CC2CC2)n1S(=O)[O-]. The summed E-state index contributed by atoms with van der Waals surface area (Å²) in [7, 11) is 0. The molecule has 0 aromatic carbocycles. The van der Waals surface area contributed by atoms with Crippen LogP contribution >= 0.6 is 0 Å². The van der Waals surface area contributed by atoms with Crippen LogP contribution in [0.2, 0.25) is 0 Å². The second-order valence-electron chi connectivity index (χ2n) is 6.35. The Balaban J connectivity index is 2.04. The van der Waals surface area contributed by atoms with Gasteiger partial charge in [-0.25, -0.2) is 8.77 Å². The van der Waals surface area contributed by atoms with Gasteiger partial charge < -0.3 is 10.3 Å². The first-order valence-corrected chi connectivity index (χ1v) is 8.62. The molecule has 0 spiro atoms. The lowest BCUT2D eigenvalue weighted by molar-refractivity contribution is 0.517. The van der Waals surface area contributed by atoms with Crippen LogP contribution in [0, 0.1) is 11.8 Å². The second kappa shape index (κ2) is 5.03. The van der Waals surface area contributed by atoms with Gasteiger partial charge in [0.25, 0.3) is 5.56 Å². The average Bonchev–Trinajstić information content (AvgIpc) is 3.39. The molecule has 0 bridgehead atoms. The van der Waals surface area contributed by atoms with E-state index in [1.165, 1.54) is 4.57 Å². The quantitative estimate of drug-likeness (QED) is 0.725. The largest absolute Gasteiger partial charge is 0.755 e. The predicted octanol–water partition coefficient (Wildman–Crippen LogP) is -0.596. The Bertz CT molecular complexity index is 934. The summed E-state index contributed by atoms with van der Waals surface area (Å²) >= 11 is -2.76. The summed E-state index contributed by atoms with van der Waals surface area (Å²) in [6.07, 6.45) is 3.97. The first-order chi connectivity index (χ1) is 11.0. The molecule has 1 atom stereocenters. The van der Waals surface area contributed by atoms with E-state index in [0.29, 0.717) is 28.9 Å². The molecule has 2 aliphatic rings. The third-order valence-corrected chi connectivity index (χ3v) is 5.10. The molecule has 2 aliphatic carbocycles. The van der Waals surface area contributed by atoms with E-state index in [9.17, 15) is 18.4 Å². The molecule has 10 heteroatoms. The highest BCUT2D eigenvalue weighted by Crippen LogP contribution is 2.32. The second-order valence-corrected chi connectivity index (χ2v) is 7.15. The lowest BCUT2D eigenvalue weighted by atomic mass is 10.3. The maximum atomic E-state index is 12.7. The van der Waals surface area contributed by atoms with Gasteiger partial charge in [-0.2, -0.15) is 4.98 Å². The number of aromatic nitrogens is 4. The molecule has 2 aromatic rings. The van der Waals surface area contributed by atoms with Gasteiger partial charge in [-0.05, 0) is 37.5 Å². The lowest BCUT2D eigenvalue weighted by Gasteiger charge is -2.12. The molecule has 124 valence electrons. The van der Waals surface area contributed by atoms with Gasteiger partial charge in [-0.3, -0.25) is 18.1 Å². The Morgan fingerprint density at radius 2 is 1.70 bits per heavy atom. The van der Waals surface area contributed by atoms with E-state index in [4.69, 9.17) is 5.73 Å². The molecule has 9 nitrogen and oxygen atoms in total. The summed E-state index contributed by atoms with van der Waals surface area (Å²) in [5.74, 6) is 0.365. The highest BCUT2D eigenvalue weighted by Gasteiger charge is 2.29. The zero-order valence-corrected chi connectivity index (χ0v) is 13.1. The minimum absolute atomic E-state index is 0.0562. The highest BCUT2D eigenvalue weighted by atomic mass is 32.2. The Morgan fingerprint density at radius 1 is 1.13 bits per heavy atom. The highest BCUT2D eigenvalue weighted by molar-refractivity contribution is 7.77. The van der Waals surface area contributed by atoms with E-state index in [-0.39, 0.29) is 17.1 Å². The zero-order chi connectivity index (χ0) is 16.3. The number of hydrogen-bond donors (Lipinski definition) is 1. The summed E-state index contributed by atoms with van der Waals surface area (Å²) < 4.78 is 26.1. The average molecular weight is 338 g/mol. The van der Waals surface area contributed by atoms with Crippen LogP contribution in [-0.4, -0.2) is 26.9 Å². The van der Waals surface area contributed by atoms with Crippen LogP contribution in [0.15, 0.2) is 9.59 Å². The Labute approximate surface area is 133 Å². The van der Waals surface area contributed by atoms with Crippen molar-refractivity contribution >= 4 is 28.4 Å². The Kier molecular flexibility index (Phi) is 3.20. The maximum absolute atomic E-state index is 12.7. The molecule has 1 unspecified atom stereocenters. The van der Waals surface area contributed by atoms with Crippen molar-refractivity contribution in [2.45, 2.75) is 38.8 Å². The Hall–Kier alpha value is -1.94. The van der Waals surface area contributed by atoms with Crippen LogP contribution in [0.4, 0.5) is 5.95 Å². The summed E-state index contributed by atoms with van der Waals surface area (Å²) in [6.45, 7) is 0.747. The van der Waals surface area contributed by atoms with Crippen molar-refractivity contribution in [2.24, 2.45) is 11.8 Å². The standard InChI is InChI=1S/C13H17N5O4S/c14-12-15-10-9(18(12)23(21)22)11(19)17(6-8-3-4-8)13(20)16(10)5-7-1-2-7/h7-8H,1-6H2,(H2,14,15)(H,21,22)/p-1. The third kappa shape index (κ3) is 2.41. The van der Waals surface area contributed by atoms with Gasteiger partial charge in [0.05, 0.1) is 11.3 Å². The first-order valence-electron chi connectivity index (χ1n) is 7.58. The molecule has 4 rings (SSSR count). The predicted molar refractivity (Wildman–Crippen MR) is 82.4 cm³/mol. The number of anilines is 1. The molecule has 2 saturated carbocycles. The first kappa shape index (κ1) is 14.6. The van der Waals surface area contributed by atoms with E-state index in [1.54, 1.807) is 0 Å². The van der Waals surface area contributed by atoms with Crippen molar-refractivity contribution in [3.8, 4) is 0 Å². The van der Waals surface area contributed by atoms with Gasteiger partial charge in [-0.15, -0.1) is 0 Å². The molecule has 0 saturated heterocycles. The molecule has 0 radical (unpaired) electrons. The van der Waals surface area contributed by atoms with E-state index in [2.05, 4.69) is 4.98 Å². The van der Waals surface area contributed by atoms with Gasteiger partial charge in [-0.1, -0.05) is 0 Å². The van der Waals surface area contributed by atoms with Crippen molar-refractivity contribution in [1.29, 1.82) is 0 Å². The van der Waals surface area contributed by atoms with Crippen LogP contribution in [0.25, 0.3) is 11.2 Å². The normalized spacial score (nSPS) is 19.3. The lowest BCUT2D eigenvalue weighted by Crippen LogP contribution is -2.41. The number of imidazole rings is 1. The van der Waals surface area contributed by atoms with Crippen molar-refractivity contribution < 1.29 is 8.76 Å². The van der Waals surface area contributed by atoms with Gasteiger partial charge in [0.1, 0.15) is 0 Å². The maximum Gasteiger partial charge on any atom is 0.332 e. The molecule has 0 aliphatic heterocycles. The molecule has 2 heterocycles. The van der Waals surface area contributed by atoms with Gasteiger partial charge in [0.15, 0.2) is 11.2 Å². The van der Waals surface area contributed by atoms with Crippen molar-refractivity contribution in [3.63, 3.8) is 0 Å². The summed E-state index contributed by atoms with van der Waals surface area (Å²) in [5.41, 5.74) is 4.49. The summed E-state index contributed by atoms with van der Waals surface area (Å²) in [4.78, 5) is 29.3. The van der Waals surface area contributed by atoms with Gasteiger partial charge >= 0.3 is 5.69 Å². The molecule has 2 fully saturated rings. The molecule has 2 N–H and O–H groups in total. The number of rotatable bonds is 5. The Morgan fingerprint density at radius 3 is 2.22 bits per heavy atom. The van der Waals surface area contributed by atoms with E-state index >= 15 is 0 Å². The fraction of sp³-hybridized carbons (Fsp3) is 0.615. The zero-order valence-electron chi connectivity index (χ0n) is 12.3. The molecule has 2 aromatic heterocycles. The van der Waals surface area contributed by atoms with E-state index in [0.717, 1.165) is 30.3 Å². The summed E-state index contributed by atoms with van der Waals surface area (Å²) in [5, 5.41) is 0. The molecular formula is C13H16N5O4S-.